The van der Waals surface area contributed by atoms with Crippen LogP contribution in [-0.4, -0.2) is 30.6 Å². The molecule has 1 aliphatic heterocycles. The number of nitrogens with one attached hydrogen (secondary N) is 1. The summed E-state index contributed by atoms with van der Waals surface area (Å²) < 4.78 is 37.9. The summed E-state index contributed by atoms with van der Waals surface area (Å²) in [6.07, 6.45) is -4.58. The Balaban J connectivity index is 2.44. The van der Waals surface area contributed by atoms with Gasteiger partial charge in [-0.2, -0.15) is 13.2 Å². The van der Waals surface area contributed by atoms with Crippen molar-refractivity contribution in [2.45, 2.75) is 19.1 Å². The minimum Gasteiger partial charge on any atom is -0.361 e. The fourth-order valence-corrected chi connectivity index (χ4v) is 2.21. The first-order chi connectivity index (χ1) is 9.34. The largest absolute Gasteiger partial charge is 0.416 e. The van der Waals surface area contributed by atoms with Crippen molar-refractivity contribution >= 4 is 11.4 Å². The molecule has 1 fully saturated rings. The number of likely N-dealkylation sites (N-methyl/N-ethyl adjacent to an activating group) is 1. The first kappa shape index (κ1) is 14.6. The quantitative estimate of drug-likeness (QED) is 0.683. The Bertz CT molecular complexity index is 515. The van der Waals surface area contributed by atoms with E-state index in [0.717, 1.165) is 6.07 Å². The van der Waals surface area contributed by atoms with Crippen LogP contribution < -0.4 is 10.2 Å². The fraction of sp³-hybridized carbons (Fsp3) is 0.500. The third-order valence-electron chi connectivity index (χ3n) is 3.35. The average molecular weight is 289 g/mol. The van der Waals surface area contributed by atoms with E-state index in [9.17, 15) is 23.3 Å². The van der Waals surface area contributed by atoms with E-state index < -0.39 is 22.4 Å². The zero-order valence-electron chi connectivity index (χ0n) is 10.8. The maximum Gasteiger partial charge on any atom is 0.416 e. The standard InChI is InChI=1S/C12H14F3N3O2/c1-2-17(9-6-16-7-9)10-4-3-8(12(13,14)15)5-11(10)18(19)20/h3-5,9,16H,2,6-7H2,1H3. The molecule has 0 aliphatic carbocycles. The molecule has 1 heterocycles. The molecule has 20 heavy (non-hydrogen) atoms. The molecule has 1 aromatic carbocycles. The Morgan fingerprint density at radius 3 is 2.50 bits per heavy atom. The second kappa shape index (κ2) is 5.28. The van der Waals surface area contributed by atoms with Crippen LogP contribution in [0.15, 0.2) is 18.2 Å². The second-order valence-electron chi connectivity index (χ2n) is 4.56. The van der Waals surface area contributed by atoms with Crippen LogP contribution in [0.2, 0.25) is 0 Å². The first-order valence-corrected chi connectivity index (χ1v) is 6.17. The SMILES string of the molecule is CCN(c1ccc(C(F)(F)F)cc1[N+](=O)[O-])C1CNC1. The van der Waals surface area contributed by atoms with Gasteiger partial charge in [-0.3, -0.25) is 10.1 Å². The molecule has 1 aliphatic rings. The van der Waals surface area contributed by atoms with Gasteiger partial charge >= 0.3 is 6.18 Å². The van der Waals surface area contributed by atoms with Crippen LogP contribution in [0.5, 0.6) is 0 Å². The maximum absolute atomic E-state index is 12.6. The lowest BCUT2D eigenvalue weighted by Crippen LogP contribution is -2.57. The van der Waals surface area contributed by atoms with E-state index in [0.29, 0.717) is 25.7 Å². The minimum absolute atomic E-state index is 0.0791. The van der Waals surface area contributed by atoms with Crippen LogP contribution in [-0.2, 0) is 6.18 Å². The minimum atomic E-state index is -4.58. The molecule has 8 heteroatoms. The summed E-state index contributed by atoms with van der Waals surface area (Å²) in [7, 11) is 0. The summed E-state index contributed by atoms with van der Waals surface area (Å²) in [5, 5.41) is 14.1. The van der Waals surface area contributed by atoms with Crippen molar-refractivity contribution < 1.29 is 18.1 Å². The number of hydrogen-bond acceptors (Lipinski definition) is 4. The second-order valence-corrected chi connectivity index (χ2v) is 4.56. The number of nitrogens with zero attached hydrogens (tertiary/aromatic N) is 2. The van der Waals surface area contributed by atoms with Crippen LogP contribution in [0.3, 0.4) is 0 Å². The Kier molecular flexibility index (Phi) is 3.85. The highest BCUT2D eigenvalue weighted by Crippen LogP contribution is 2.37. The molecule has 0 atom stereocenters. The lowest BCUT2D eigenvalue weighted by Gasteiger charge is -2.38. The summed E-state index contributed by atoms with van der Waals surface area (Å²) in [5.74, 6) is 0. The highest BCUT2D eigenvalue weighted by molar-refractivity contribution is 5.65. The number of halogens is 3. The van der Waals surface area contributed by atoms with Crippen LogP contribution in [0.4, 0.5) is 24.5 Å². The van der Waals surface area contributed by atoms with Gasteiger partial charge < -0.3 is 10.2 Å². The molecule has 1 aromatic rings. The topological polar surface area (TPSA) is 58.4 Å². The summed E-state index contributed by atoms with van der Waals surface area (Å²) in [6, 6.07) is 2.75. The maximum atomic E-state index is 12.6. The number of rotatable bonds is 4. The van der Waals surface area contributed by atoms with Gasteiger partial charge in [-0.1, -0.05) is 0 Å². The molecule has 5 nitrogen and oxygen atoms in total. The van der Waals surface area contributed by atoms with Crippen molar-refractivity contribution in [2.24, 2.45) is 0 Å². The van der Waals surface area contributed by atoms with Crippen LogP contribution in [0, 0.1) is 10.1 Å². The Morgan fingerprint density at radius 1 is 1.45 bits per heavy atom. The van der Waals surface area contributed by atoms with Gasteiger partial charge in [-0.15, -0.1) is 0 Å². The number of anilines is 1. The third kappa shape index (κ3) is 2.69. The molecular formula is C12H14F3N3O2. The number of alkyl halides is 3. The molecule has 0 saturated carbocycles. The van der Waals surface area contributed by atoms with Gasteiger partial charge in [-0.05, 0) is 19.1 Å². The van der Waals surface area contributed by atoms with Crippen molar-refractivity contribution in [3.8, 4) is 0 Å². The fourth-order valence-electron chi connectivity index (χ4n) is 2.21. The van der Waals surface area contributed by atoms with Crippen molar-refractivity contribution in [3.63, 3.8) is 0 Å². The van der Waals surface area contributed by atoms with E-state index >= 15 is 0 Å². The van der Waals surface area contributed by atoms with Gasteiger partial charge in [0.25, 0.3) is 5.69 Å². The molecule has 110 valence electrons. The molecule has 0 unspecified atom stereocenters. The van der Waals surface area contributed by atoms with Crippen LogP contribution in [0.1, 0.15) is 12.5 Å². The first-order valence-electron chi connectivity index (χ1n) is 6.17. The zero-order chi connectivity index (χ0) is 14.9. The average Bonchev–Trinajstić information content (AvgIpc) is 2.31. The number of hydrogen-bond donors (Lipinski definition) is 1. The number of nitro benzene ring substituents is 1. The molecule has 0 aromatic heterocycles. The van der Waals surface area contributed by atoms with Crippen LogP contribution in [0.25, 0.3) is 0 Å². The Hall–Kier alpha value is -1.83. The van der Waals surface area contributed by atoms with E-state index in [4.69, 9.17) is 0 Å². The summed E-state index contributed by atoms with van der Waals surface area (Å²) in [5.41, 5.74) is -1.28. The molecule has 0 amide bonds. The molecule has 0 radical (unpaired) electrons. The smallest absolute Gasteiger partial charge is 0.361 e. The van der Waals surface area contributed by atoms with Crippen molar-refractivity contribution in [3.05, 3.63) is 33.9 Å². The molecule has 1 saturated heterocycles. The molecular weight excluding hydrogens is 275 g/mol. The van der Waals surface area contributed by atoms with E-state index in [1.54, 1.807) is 4.90 Å². The lowest BCUT2D eigenvalue weighted by molar-refractivity contribution is -0.384. The van der Waals surface area contributed by atoms with E-state index in [2.05, 4.69) is 5.32 Å². The van der Waals surface area contributed by atoms with Crippen molar-refractivity contribution in [1.82, 2.24) is 5.32 Å². The van der Waals surface area contributed by atoms with Gasteiger partial charge in [0, 0.05) is 25.7 Å². The van der Waals surface area contributed by atoms with Gasteiger partial charge in [0.15, 0.2) is 0 Å². The van der Waals surface area contributed by atoms with Gasteiger partial charge in [0.05, 0.1) is 16.5 Å². The molecule has 1 N–H and O–H groups in total. The molecule has 0 bridgehead atoms. The van der Waals surface area contributed by atoms with Gasteiger partial charge in [0.2, 0.25) is 0 Å². The highest BCUT2D eigenvalue weighted by Gasteiger charge is 2.35. The van der Waals surface area contributed by atoms with Gasteiger partial charge in [0.1, 0.15) is 5.69 Å². The zero-order valence-corrected chi connectivity index (χ0v) is 10.8. The van der Waals surface area contributed by atoms with Crippen molar-refractivity contribution in [2.75, 3.05) is 24.5 Å². The predicted molar refractivity (Wildman–Crippen MR) is 67.8 cm³/mol. The predicted octanol–water partition coefficient (Wildman–Crippen LogP) is 2.41. The van der Waals surface area contributed by atoms with Crippen LogP contribution >= 0.6 is 0 Å². The van der Waals surface area contributed by atoms with E-state index in [1.807, 2.05) is 6.92 Å². The summed E-state index contributed by atoms with van der Waals surface area (Å²) in [6.45, 7) is 3.66. The monoisotopic (exact) mass is 289 g/mol. The van der Waals surface area contributed by atoms with Gasteiger partial charge in [-0.25, -0.2) is 0 Å². The summed E-state index contributed by atoms with van der Waals surface area (Å²) in [4.78, 5) is 12.0. The Morgan fingerprint density at radius 2 is 2.10 bits per heavy atom. The van der Waals surface area contributed by atoms with Crippen molar-refractivity contribution in [1.29, 1.82) is 0 Å². The summed E-state index contributed by atoms with van der Waals surface area (Å²) >= 11 is 0. The normalized spacial score (nSPS) is 15.8. The number of nitro groups is 1. The highest BCUT2D eigenvalue weighted by atomic mass is 19.4. The van der Waals surface area contributed by atoms with E-state index in [1.165, 1.54) is 6.07 Å². The van der Waals surface area contributed by atoms with E-state index in [-0.39, 0.29) is 11.7 Å². The number of benzene rings is 1. The lowest BCUT2D eigenvalue weighted by atomic mass is 10.1. The Labute approximate surface area is 113 Å². The molecule has 0 spiro atoms. The third-order valence-corrected chi connectivity index (χ3v) is 3.35. The molecule has 2 rings (SSSR count).